The van der Waals surface area contributed by atoms with Crippen molar-refractivity contribution in [3.63, 3.8) is 0 Å². The van der Waals surface area contributed by atoms with Crippen LogP contribution in [0.4, 0.5) is 0 Å². The summed E-state index contributed by atoms with van der Waals surface area (Å²) in [5.41, 5.74) is 10.7. The van der Waals surface area contributed by atoms with E-state index in [4.69, 9.17) is 5.73 Å². The third kappa shape index (κ3) is 2.00. The molecule has 0 saturated carbocycles. The number of nitrogens with two attached hydrogens (primary N) is 1. The van der Waals surface area contributed by atoms with Crippen LogP contribution in [0, 0.1) is 0 Å². The van der Waals surface area contributed by atoms with Gasteiger partial charge in [-0.05, 0) is 30.5 Å². The molecule has 1 atom stereocenters. The van der Waals surface area contributed by atoms with Gasteiger partial charge in [-0.1, -0.05) is 24.3 Å². The van der Waals surface area contributed by atoms with Crippen molar-refractivity contribution >= 4 is 11.8 Å². The Bertz CT molecular complexity index is 411. The fourth-order valence-electron chi connectivity index (χ4n) is 1.81. The van der Waals surface area contributed by atoms with Crippen LogP contribution in [0.3, 0.4) is 0 Å². The van der Waals surface area contributed by atoms with E-state index in [1.165, 1.54) is 16.7 Å². The Morgan fingerprint density at radius 2 is 1.93 bits per heavy atom. The lowest BCUT2D eigenvalue weighted by Gasteiger charge is -2.08. The number of allylic oxidation sites excluding steroid dienone is 2. The fraction of sp³-hybridized carbons (Fsp3) is 0.308. The molecule has 1 aliphatic heterocycles. The van der Waals surface area contributed by atoms with Crippen LogP contribution in [0.5, 0.6) is 0 Å². The summed E-state index contributed by atoms with van der Waals surface area (Å²) in [6.07, 6.45) is 2.91. The fourth-order valence-corrected chi connectivity index (χ4v) is 1.81. The summed E-state index contributed by atoms with van der Waals surface area (Å²) >= 11 is 0. The summed E-state index contributed by atoms with van der Waals surface area (Å²) in [5, 5.41) is 0. The summed E-state index contributed by atoms with van der Waals surface area (Å²) in [5.74, 6) is 0. The smallest absolute Gasteiger partial charge is 0.0410 e. The van der Waals surface area contributed by atoms with Crippen molar-refractivity contribution in [2.75, 3.05) is 0 Å². The lowest BCUT2D eigenvalue weighted by molar-refractivity contribution is 0.818. The first-order valence-corrected chi connectivity index (χ1v) is 5.26. The molecule has 1 aromatic carbocycles. The van der Waals surface area contributed by atoms with Gasteiger partial charge in [-0.25, -0.2) is 0 Å². The highest BCUT2D eigenvalue weighted by Gasteiger charge is 2.09. The van der Waals surface area contributed by atoms with Gasteiger partial charge in [0.2, 0.25) is 0 Å². The van der Waals surface area contributed by atoms with Crippen molar-refractivity contribution in [2.24, 2.45) is 10.7 Å². The van der Waals surface area contributed by atoms with Crippen molar-refractivity contribution in [3.8, 4) is 0 Å². The van der Waals surface area contributed by atoms with Gasteiger partial charge < -0.3 is 5.73 Å². The van der Waals surface area contributed by atoms with Gasteiger partial charge in [-0.2, -0.15) is 0 Å². The molecule has 1 unspecified atom stereocenters. The second-order valence-electron chi connectivity index (χ2n) is 3.99. The molecule has 78 valence electrons. The number of benzene rings is 1. The lowest BCUT2D eigenvalue weighted by Crippen LogP contribution is -2.04. The summed E-state index contributed by atoms with van der Waals surface area (Å²) in [6.45, 7) is 4.05. The van der Waals surface area contributed by atoms with Crippen LogP contribution in [-0.4, -0.2) is 6.21 Å². The van der Waals surface area contributed by atoms with Crippen LogP contribution in [0.1, 0.15) is 37.4 Å². The highest BCUT2D eigenvalue weighted by atomic mass is 14.7. The monoisotopic (exact) mass is 200 g/mol. The normalized spacial score (nSPS) is 17.3. The van der Waals surface area contributed by atoms with Crippen molar-refractivity contribution in [1.82, 2.24) is 0 Å². The van der Waals surface area contributed by atoms with Crippen molar-refractivity contribution in [3.05, 3.63) is 41.1 Å². The molecule has 2 heteroatoms. The summed E-state index contributed by atoms with van der Waals surface area (Å²) < 4.78 is 0. The molecule has 2 nitrogen and oxygen atoms in total. The van der Waals surface area contributed by atoms with E-state index in [9.17, 15) is 0 Å². The standard InChI is InChI=1S/C13H16N2/c1-9(14)11-3-5-12(6-4-11)13-7-8-15-10(13)2/h3-6,8-9H,7,14H2,1-2H3. The molecule has 0 fully saturated rings. The number of hydrogen-bond acceptors (Lipinski definition) is 2. The molecule has 0 spiro atoms. The number of hydrogen-bond donors (Lipinski definition) is 1. The molecule has 2 rings (SSSR count). The first-order valence-electron chi connectivity index (χ1n) is 5.26. The van der Waals surface area contributed by atoms with E-state index in [1.54, 1.807) is 0 Å². The highest BCUT2D eigenvalue weighted by Crippen LogP contribution is 2.26. The Morgan fingerprint density at radius 1 is 1.27 bits per heavy atom. The van der Waals surface area contributed by atoms with Gasteiger partial charge in [0.1, 0.15) is 0 Å². The molecule has 0 aliphatic carbocycles. The molecule has 1 aliphatic rings. The Morgan fingerprint density at radius 3 is 2.40 bits per heavy atom. The maximum Gasteiger partial charge on any atom is 0.0410 e. The maximum absolute atomic E-state index is 5.81. The lowest BCUT2D eigenvalue weighted by atomic mass is 10.00. The van der Waals surface area contributed by atoms with Crippen LogP contribution in [0.2, 0.25) is 0 Å². The largest absolute Gasteiger partial charge is 0.324 e. The molecule has 0 amide bonds. The molecule has 0 saturated heterocycles. The van der Waals surface area contributed by atoms with E-state index in [0.717, 1.165) is 12.1 Å². The molecule has 0 radical (unpaired) electrons. The Kier molecular flexibility index (Phi) is 2.69. The second-order valence-corrected chi connectivity index (χ2v) is 3.99. The molecule has 1 aromatic rings. The van der Waals surface area contributed by atoms with E-state index in [-0.39, 0.29) is 6.04 Å². The minimum absolute atomic E-state index is 0.106. The second kappa shape index (κ2) is 3.99. The number of rotatable bonds is 2. The van der Waals surface area contributed by atoms with E-state index >= 15 is 0 Å². The summed E-state index contributed by atoms with van der Waals surface area (Å²) in [7, 11) is 0. The van der Waals surface area contributed by atoms with Crippen LogP contribution in [0.25, 0.3) is 5.57 Å². The molecule has 1 heterocycles. The Balaban J connectivity index is 2.29. The first kappa shape index (κ1) is 10.1. The first-order chi connectivity index (χ1) is 7.18. The predicted molar refractivity (Wildman–Crippen MR) is 64.7 cm³/mol. The van der Waals surface area contributed by atoms with Gasteiger partial charge in [-0.3, -0.25) is 4.99 Å². The zero-order chi connectivity index (χ0) is 10.8. The van der Waals surface area contributed by atoms with Gasteiger partial charge >= 0.3 is 0 Å². The summed E-state index contributed by atoms with van der Waals surface area (Å²) in [6, 6.07) is 8.56. The third-order valence-corrected chi connectivity index (χ3v) is 2.80. The van der Waals surface area contributed by atoms with E-state index < -0.39 is 0 Å². The molecular weight excluding hydrogens is 184 g/mol. The average Bonchev–Trinajstić information content (AvgIpc) is 2.65. The van der Waals surface area contributed by atoms with E-state index in [1.807, 2.05) is 13.1 Å². The van der Waals surface area contributed by atoms with Crippen LogP contribution >= 0.6 is 0 Å². The van der Waals surface area contributed by atoms with Crippen molar-refractivity contribution in [2.45, 2.75) is 26.3 Å². The topological polar surface area (TPSA) is 38.4 Å². The predicted octanol–water partition coefficient (Wildman–Crippen LogP) is 2.91. The van der Waals surface area contributed by atoms with Gasteiger partial charge in [0.15, 0.2) is 0 Å². The third-order valence-electron chi connectivity index (χ3n) is 2.80. The quantitative estimate of drug-likeness (QED) is 0.783. The number of nitrogens with zero attached hydrogens (tertiary/aromatic N) is 1. The maximum atomic E-state index is 5.81. The molecule has 15 heavy (non-hydrogen) atoms. The minimum atomic E-state index is 0.106. The molecule has 0 aromatic heterocycles. The van der Waals surface area contributed by atoms with Crippen LogP contribution in [-0.2, 0) is 0 Å². The Labute approximate surface area is 90.5 Å². The van der Waals surface area contributed by atoms with Gasteiger partial charge in [0.25, 0.3) is 0 Å². The number of aliphatic imine (C=N–C) groups is 1. The zero-order valence-electron chi connectivity index (χ0n) is 9.20. The van der Waals surface area contributed by atoms with Crippen molar-refractivity contribution < 1.29 is 0 Å². The van der Waals surface area contributed by atoms with Gasteiger partial charge in [0, 0.05) is 24.4 Å². The van der Waals surface area contributed by atoms with Crippen molar-refractivity contribution in [1.29, 1.82) is 0 Å². The summed E-state index contributed by atoms with van der Waals surface area (Å²) in [4.78, 5) is 4.28. The minimum Gasteiger partial charge on any atom is -0.324 e. The van der Waals surface area contributed by atoms with Crippen LogP contribution < -0.4 is 5.73 Å². The van der Waals surface area contributed by atoms with E-state index in [2.05, 4.69) is 36.2 Å². The molecular formula is C13H16N2. The van der Waals surface area contributed by atoms with Gasteiger partial charge in [-0.15, -0.1) is 0 Å². The van der Waals surface area contributed by atoms with Gasteiger partial charge in [0.05, 0.1) is 0 Å². The molecule has 2 N–H and O–H groups in total. The van der Waals surface area contributed by atoms with E-state index in [0.29, 0.717) is 0 Å². The SMILES string of the molecule is CC1=C(c2ccc(C(C)N)cc2)CC=N1. The molecule has 0 bridgehead atoms. The highest BCUT2D eigenvalue weighted by molar-refractivity contribution is 5.86. The van der Waals surface area contributed by atoms with Crippen LogP contribution in [0.15, 0.2) is 35.0 Å². The zero-order valence-corrected chi connectivity index (χ0v) is 9.20. The Hall–Kier alpha value is -1.41. The average molecular weight is 200 g/mol.